The highest BCUT2D eigenvalue weighted by Gasteiger charge is 2.28. The second-order valence-electron chi connectivity index (χ2n) is 6.71. The molecule has 8 heteroatoms. The molecule has 29 heavy (non-hydrogen) atoms. The highest BCUT2D eigenvalue weighted by molar-refractivity contribution is 6.00. The van der Waals surface area contributed by atoms with E-state index >= 15 is 0 Å². The molecule has 0 unspecified atom stereocenters. The molecule has 1 saturated carbocycles. The minimum Gasteiger partial charge on any atom is -0.497 e. The number of carbonyl (C=O) groups is 3. The topological polar surface area (TPSA) is 109 Å². The van der Waals surface area contributed by atoms with Gasteiger partial charge in [0, 0.05) is 35.9 Å². The summed E-state index contributed by atoms with van der Waals surface area (Å²) < 4.78 is 5.07. The molecular formula is C21H24N4O4. The van der Waals surface area contributed by atoms with Gasteiger partial charge in [-0.05, 0) is 61.4 Å². The van der Waals surface area contributed by atoms with Crippen molar-refractivity contribution in [3.05, 3.63) is 54.1 Å². The fraction of sp³-hybridized carbons (Fsp3) is 0.286. The number of anilines is 2. The van der Waals surface area contributed by atoms with Crippen LogP contribution >= 0.6 is 0 Å². The van der Waals surface area contributed by atoms with Crippen molar-refractivity contribution in [2.24, 2.45) is 5.92 Å². The van der Waals surface area contributed by atoms with Gasteiger partial charge in [-0.15, -0.1) is 0 Å². The Morgan fingerprint density at radius 2 is 1.41 bits per heavy atom. The fourth-order valence-corrected chi connectivity index (χ4v) is 2.63. The third-order valence-corrected chi connectivity index (χ3v) is 4.41. The normalized spacial score (nSPS) is 12.6. The van der Waals surface area contributed by atoms with Gasteiger partial charge in [-0.25, -0.2) is 4.79 Å². The molecule has 0 spiro atoms. The Morgan fingerprint density at radius 3 is 1.97 bits per heavy atom. The van der Waals surface area contributed by atoms with E-state index in [-0.39, 0.29) is 17.7 Å². The van der Waals surface area contributed by atoms with E-state index in [1.165, 1.54) is 0 Å². The van der Waals surface area contributed by atoms with Crippen molar-refractivity contribution in [2.45, 2.75) is 12.8 Å². The Hall–Kier alpha value is -3.55. The maximum Gasteiger partial charge on any atom is 0.323 e. The maximum absolute atomic E-state index is 12.1. The minimum absolute atomic E-state index is 0.0580. The van der Waals surface area contributed by atoms with Crippen LogP contribution in [0.15, 0.2) is 48.5 Å². The summed E-state index contributed by atoms with van der Waals surface area (Å²) >= 11 is 0. The van der Waals surface area contributed by atoms with Gasteiger partial charge in [-0.1, -0.05) is 0 Å². The molecule has 2 aromatic rings. The molecule has 4 N–H and O–H groups in total. The molecule has 8 nitrogen and oxygen atoms in total. The Balaban J connectivity index is 1.41. The van der Waals surface area contributed by atoms with E-state index in [0.717, 1.165) is 12.8 Å². The summed E-state index contributed by atoms with van der Waals surface area (Å²) in [6.45, 7) is 0.772. The molecule has 0 bridgehead atoms. The van der Waals surface area contributed by atoms with Crippen LogP contribution in [0, 0.1) is 5.92 Å². The largest absolute Gasteiger partial charge is 0.497 e. The zero-order chi connectivity index (χ0) is 20.6. The lowest BCUT2D eigenvalue weighted by molar-refractivity contribution is -0.122. The quantitative estimate of drug-likeness (QED) is 0.514. The lowest BCUT2D eigenvalue weighted by atomic mass is 10.2. The van der Waals surface area contributed by atoms with Gasteiger partial charge in [0.25, 0.3) is 5.91 Å². The molecule has 0 radical (unpaired) electrons. The molecule has 3 rings (SSSR count). The Bertz CT molecular complexity index is 861. The van der Waals surface area contributed by atoms with Crippen LogP contribution in [-0.2, 0) is 4.79 Å². The summed E-state index contributed by atoms with van der Waals surface area (Å²) in [5, 5.41) is 11.0. The molecule has 0 aliphatic heterocycles. The van der Waals surface area contributed by atoms with Crippen molar-refractivity contribution < 1.29 is 19.1 Å². The number of hydrogen-bond acceptors (Lipinski definition) is 4. The molecule has 0 saturated heterocycles. The third-order valence-electron chi connectivity index (χ3n) is 4.41. The van der Waals surface area contributed by atoms with Crippen LogP contribution in [0.3, 0.4) is 0 Å². The molecule has 1 fully saturated rings. The van der Waals surface area contributed by atoms with Crippen LogP contribution in [0.1, 0.15) is 23.2 Å². The van der Waals surface area contributed by atoms with E-state index in [1.807, 2.05) is 0 Å². The lowest BCUT2D eigenvalue weighted by Gasteiger charge is -2.09. The number of nitrogens with one attached hydrogen (secondary N) is 4. The first kappa shape index (κ1) is 20.2. The number of hydrogen-bond donors (Lipinski definition) is 4. The Morgan fingerprint density at radius 1 is 0.862 bits per heavy atom. The highest BCUT2D eigenvalue weighted by atomic mass is 16.5. The summed E-state index contributed by atoms with van der Waals surface area (Å²) in [6.07, 6.45) is 1.91. The Labute approximate surface area is 169 Å². The van der Waals surface area contributed by atoms with Gasteiger partial charge in [-0.3, -0.25) is 9.59 Å². The summed E-state index contributed by atoms with van der Waals surface area (Å²) in [5.74, 6) is 0.685. The second-order valence-corrected chi connectivity index (χ2v) is 6.71. The van der Waals surface area contributed by atoms with Crippen molar-refractivity contribution in [2.75, 3.05) is 30.8 Å². The van der Waals surface area contributed by atoms with Crippen LogP contribution in [-0.4, -0.2) is 38.0 Å². The second kappa shape index (κ2) is 9.59. The first-order chi connectivity index (χ1) is 14.0. The number of urea groups is 1. The summed E-state index contributed by atoms with van der Waals surface area (Å²) in [4.78, 5) is 35.7. The molecule has 1 aliphatic rings. The van der Waals surface area contributed by atoms with Crippen LogP contribution in [0.5, 0.6) is 5.75 Å². The Kier molecular flexibility index (Phi) is 6.67. The van der Waals surface area contributed by atoms with E-state index in [2.05, 4.69) is 21.3 Å². The molecule has 2 aromatic carbocycles. The number of rotatable bonds is 8. The summed E-state index contributed by atoms with van der Waals surface area (Å²) in [6, 6.07) is 13.1. The first-order valence-corrected chi connectivity index (χ1v) is 9.43. The fourth-order valence-electron chi connectivity index (χ4n) is 2.63. The van der Waals surface area contributed by atoms with Crippen molar-refractivity contribution in [1.82, 2.24) is 10.6 Å². The zero-order valence-electron chi connectivity index (χ0n) is 16.2. The van der Waals surface area contributed by atoms with Crippen LogP contribution in [0.25, 0.3) is 0 Å². The smallest absolute Gasteiger partial charge is 0.323 e. The lowest BCUT2D eigenvalue weighted by Crippen LogP contribution is -2.35. The van der Waals surface area contributed by atoms with Crippen molar-refractivity contribution in [3.8, 4) is 5.75 Å². The van der Waals surface area contributed by atoms with Gasteiger partial charge < -0.3 is 26.0 Å². The molecule has 4 amide bonds. The molecule has 0 aromatic heterocycles. The summed E-state index contributed by atoms with van der Waals surface area (Å²) in [7, 11) is 1.58. The number of carbonyl (C=O) groups excluding carboxylic acids is 3. The van der Waals surface area contributed by atoms with Crippen LogP contribution < -0.4 is 26.0 Å². The first-order valence-electron chi connectivity index (χ1n) is 9.43. The van der Waals surface area contributed by atoms with E-state index in [1.54, 1.807) is 55.6 Å². The highest BCUT2D eigenvalue weighted by Crippen LogP contribution is 2.28. The van der Waals surface area contributed by atoms with Gasteiger partial charge in [0.05, 0.1) is 7.11 Å². The third kappa shape index (κ3) is 6.24. The molecule has 0 atom stereocenters. The van der Waals surface area contributed by atoms with Crippen LogP contribution in [0.4, 0.5) is 16.2 Å². The molecule has 1 aliphatic carbocycles. The predicted molar refractivity (Wildman–Crippen MR) is 110 cm³/mol. The zero-order valence-corrected chi connectivity index (χ0v) is 16.2. The van der Waals surface area contributed by atoms with Crippen molar-refractivity contribution >= 4 is 29.2 Å². The average molecular weight is 396 g/mol. The van der Waals surface area contributed by atoms with Crippen molar-refractivity contribution in [1.29, 1.82) is 0 Å². The number of ether oxygens (including phenoxy) is 1. The number of amides is 4. The maximum atomic E-state index is 12.1. The number of methoxy groups -OCH3 is 1. The standard InChI is InChI=1S/C21H24N4O4/c1-29-18-10-8-17(9-11-18)25-21(28)24-16-6-4-15(5-7-16)20(27)23-13-12-22-19(26)14-2-3-14/h4-11,14H,2-3,12-13H2,1H3,(H,22,26)(H,23,27)(H2,24,25,28). The molecular weight excluding hydrogens is 372 g/mol. The van der Waals surface area contributed by atoms with E-state index in [4.69, 9.17) is 4.74 Å². The van der Waals surface area contributed by atoms with E-state index < -0.39 is 6.03 Å². The molecule has 152 valence electrons. The van der Waals surface area contributed by atoms with Gasteiger partial charge >= 0.3 is 6.03 Å². The average Bonchev–Trinajstić information content (AvgIpc) is 3.57. The van der Waals surface area contributed by atoms with Gasteiger partial charge in [-0.2, -0.15) is 0 Å². The number of benzene rings is 2. The van der Waals surface area contributed by atoms with E-state index in [0.29, 0.717) is 35.8 Å². The SMILES string of the molecule is COc1ccc(NC(=O)Nc2ccc(C(=O)NCCNC(=O)C3CC3)cc2)cc1. The molecule has 0 heterocycles. The van der Waals surface area contributed by atoms with Gasteiger partial charge in [0.15, 0.2) is 0 Å². The van der Waals surface area contributed by atoms with Crippen molar-refractivity contribution in [3.63, 3.8) is 0 Å². The van der Waals surface area contributed by atoms with E-state index in [9.17, 15) is 14.4 Å². The summed E-state index contributed by atoms with van der Waals surface area (Å²) in [5.41, 5.74) is 1.66. The minimum atomic E-state index is -0.390. The monoisotopic (exact) mass is 396 g/mol. The van der Waals surface area contributed by atoms with Gasteiger partial charge in [0.1, 0.15) is 5.75 Å². The van der Waals surface area contributed by atoms with Crippen LogP contribution in [0.2, 0.25) is 0 Å². The van der Waals surface area contributed by atoms with Gasteiger partial charge in [0.2, 0.25) is 5.91 Å². The predicted octanol–water partition coefficient (Wildman–Crippen LogP) is 2.60.